The molecule has 0 aliphatic heterocycles. The molecule has 1 aliphatic carbocycles. The maximum absolute atomic E-state index is 5.00. The minimum Gasteiger partial charge on any atom is -0.301 e. The highest BCUT2D eigenvalue weighted by atomic mass is 16.6. The smallest absolute Gasteiger partial charge is 0.0787 e. The van der Waals surface area contributed by atoms with Crippen molar-refractivity contribution >= 4 is 0 Å². The van der Waals surface area contributed by atoms with Crippen LogP contribution in [0.5, 0.6) is 0 Å². The quantitative estimate of drug-likeness (QED) is 0.621. The topological polar surface area (TPSA) is 35.2 Å². The molecule has 0 radical (unpaired) electrons. The first-order valence-corrected chi connectivity index (χ1v) is 5.29. The average molecular weight is 175 g/mol. The van der Waals surface area contributed by atoms with Gasteiger partial charge < -0.3 is 4.84 Å². The van der Waals surface area contributed by atoms with E-state index in [1.54, 1.807) is 0 Å². The first kappa shape index (κ1) is 14.4. The molecule has 1 saturated carbocycles. The average Bonchev–Trinajstić information content (AvgIpc) is 2.25. The van der Waals surface area contributed by atoms with Crippen LogP contribution in [0.4, 0.5) is 0 Å². The van der Waals surface area contributed by atoms with E-state index in [0.29, 0.717) is 6.10 Å². The van der Waals surface area contributed by atoms with Gasteiger partial charge in [0.25, 0.3) is 0 Å². The summed E-state index contributed by atoms with van der Waals surface area (Å²) in [5, 5.41) is 0. The van der Waals surface area contributed by atoms with E-state index < -0.39 is 0 Å². The molecule has 0 saturated heterocycles. The zero-order valence-electron chi connectivity index (χ0n) is 9.10. The first-order chi connectivity index (χ1) is 5.93. The summed E-state index contributed by atoms with van der Waals surface area (Å²) in [6, 6.07) is 0. The number of rotatable bonds is 1. The van der Waals surface area contributed by atoms with E-state index in [1.807, 2.05) is 27.7 Å². The lowest BCUT2D eigenvalue weighted by molar-refractivity contribution is 0.0279. The number of hydrogen-bond acceptors (Lipinski definition) is 2. The molecule has 1 aliphatic rings. The highest BCUT2D eigenvalue weighted by Gasteiger charge is 2.11. The molecule has 12 heavy (non-hydrogen) atoms. The van der Waals surface area contributed by atoms with Crippen molar-refractivity contribution in [2.45, 2.75) is 65.9 Å². The second kappa shape index (κ2) is 13.5. The van der Waals surface area contributed by atoms with Crippen molar-refractivity contribution in [2.24, 2.45) is 5.90 Å². The van der Waals surface area contributed by atoms with E-state index >= 15 is 0 Å². The summed E-state index contributed by atoms with van der Waals surface area (Å²) < 4.78 is 0. The fraction of sp³-hybridized carbons (Fsp3) is 1.00. The van der Waals surface area contributed by atoms with Crippen molar-refractivity contribution in [1.29, 1.82) is 0 Å². The Balaban J connectivity index is 0. The second-order valence-electron chi connectivity index (χ2n) is 2.40. The lowest BCUT2D eigenvalue weighted by Crippen LogP contribution is -2.19. The predicted molar refractivity (Wildman–Crippen MR) is 54.8 cm³/mol. The van der Waals surface area contributed by atoms with Crippen LogP contribution >= 0.6 is 0 Å². The SMILES string of the molecule is CC.CC.NOC1CCCCC1. The molecular formula is C10H25NO. The van der Waals surface area contributed by atoms with Crippen LogP contribution in [0, 0.1) is 0 Å². The van der Waals surface area contributed by atoms with Crippen LogP contribution in [0.2, 0.25) is 0 Å². The van der Waals surface area contributed by atoms with Crippen molar-refractivity contribution in [1.82, 2.24) is 0 Å². The van der Waals surface area contributed by atoms with Gasteiger partial charge in [0.05, 0.1) is 6.10 Å². The molecule has 1 rings (SSSR count). The molecule has 0 bridgehead atoms. The van der Waals surface area contributed by atoms with E-state index in [2.05, 4.69) is 0 Å². The van der Waals surface area contributed by atoms with E-state index in [0.717, 1.165) is 12.8 Å². The molecule has 76 valence electrons. The molecule has 0 amide bonds. The normalized spacial score (nSPS) is 16.8. The summed E-state index contributed by atoms with van der Waals surface area (Å²) in [5.74, 6) is 5.00. The van der Waals surface area contributed by atoms with Crippen LogP contribution in [0.15, 0.2) is 0 Å². The largest absolute Gasteiger partial charge is 0.301 e. The second-order valence-corrected chi connectivity index (χ2v) is 2.40. The van der Waals surface area contributed by atoms with E-state index in [-0.39, 0.29) is 0 Å². The summed E-state index contributed by atoms with van der Waals surface area (Å²) in [7, 11) is 0. The van der Waals surface area contributed by atoms with Gasteiger partial charge in [0.2, 0.25) is 0 Å². The Morgan fingerprint density at radius 2 is 1.33 bits per heavy atom. The van der Waals surface area contributed by atoms with Crippen molar-refractivity contribution in [2.75, 3.05) is 0 Å². The van der Waals surface area contributed by atoms with Gasteiger partial charge in [0.1, 0.15) is 0 Å². The number of hydrogen-bond donors (Lipinski definition) is 1. The van der Waals surface area contributed by atoms with E-state index in [9.17, 15) is 0 Å². The summed E-state index contributed by atoms with van der Waals surface area (Å²) in [6.07, 6.45) is 6.64. The van der Waals surface area contributed by atoms with Gasteiger partial charge in [-0.05, 0) is 12.8 Å². The standard InChI is InChI=1S/C6H13NO.2C2H6/c7-8-6-4-2-1-3-5-6;2*1-2/h6H,1-5,7H2;2*1-2H3. The van der Waals surface area contributed by atoms with Crippen LogP contribution in [0.1, 0.15) is 59.8 Å². The first-order valence-electron chi connectivity index (χ1n) is 5.29. The molecule has 0 heterocycles. The molecular weight excluding hydrogens is 150 g/mol. The minimum absolute atomic E-state index is 0.365. The maximum atomic E-state index is 5.00. The van der Waals surface area contributed by atoms with Crippen LogP contribution in [-0.4, -0.2) is 6.10 Å². The molecule has 0 aromatic heterocycles. The highest BCUT2D eigenvalue weighted by Crippen LogP contribution is 2.18. The van der Waals surface area contributed by atoms with Gasteiger partial charge in [-0.3, -0.25) is 0 Å². The Kier molecular flexibility index (Phi) is 16.3. The predicted octanol–water partition coefficient (Wildman–Crippen LogP) is 3.26. The summed E-state index contributed by atoms with van der Waals surface area (Å²) in [4.78, 5) is 4.69. The van der Waals surface area contributed by atoms with Gasteiger partial charge in [0, 0.05) is 0 Å². The molecule has 0 spiro atoms. The molecule has 0 aromatic carbocycles. The Morgan fingerprint density at radius 1 is 0.917 bits per heavy atom. The summed E-state index contributed by atoms with van der Waals surface area (Å²) in [6.45, 7) is 8.00. The van der Waals surface area contributed by atoms with Crippen LogP contribution in [0.3, 0.4) is 0 Å². The zero-order valence-corrected chi connectivity index (χ0v) is 9.10. The van der Waals surface area contributed by atoms with Gasteiger partial charge >= 0.3 is 0 Å². The van der Waals surface area contributed by atoms with Crippen LogP contribution in [0.25, 0.3) is 0 Å². The van der Waals surface area contributed by atoms with E-state index in [1.165, 1.54) is 19.3 Å². The summed E-state index contributed by atoms with van der Waals surface area (Å²) in [5.41, 5.74) is 0. The van der Waals surface area contributed by atoms with Crippen molar-refractivity contribution in [3.05, 3.63) is 0 Å². The van der Waals surface area contributed by atoms with E-state index in [4.69, 9.17) is 10.7 Å². The van der Waals surface area contributed by atoms with Crippen molar-refractivity contribution < 1.29 is 4.84 Å². The fourth-order valence-corrected chi connectivity index (χ4v) is 1.20. The number of nitrogens with two attached hydrogens (primary N) is 1. The van der Waals surface area contributed by atoms with Gasteiger partial charge in [-0.1, -0.05) is 47.0 Å². The van der Waals surface area contributed by atoms with Crippen LogP contribution in [-0.2, 0) is 4.84 Å². The molecule has 1 fully saturated rings. The van der Waals surface area contributed by atoms with Crippen LogP contribution < -0.4 is 5.90 Å². The Bertz CT molecular complexity index is 60.9. The van der Waals surface area contributed by atoms with Gasteiger partial charge in [0.15, 0.2) is 0 Å². The summed E-state index contributed by atoms with van der Waals surface area (Å²) >= 11 is 0. The molecule has 2 nitrogen and oxygen atoms in total. The van der Waals surface area contributed by atoms with Gasteiger partial charge in [-0.25, -0.2) is 5.90 Å². The fourth-order valence-electron chi connectivity index (χ4n) is 1.20. The third-order valence-electron chi connectivity index (χ3n) is 1.74. The molecule has 0 unspecified atom stereocenters. The highest BCUT2D eigenvalue weighted by molar-refractivity contribution is 4.63. The molecule has 2 N–H and O–H groups in total. The minimum atomic E-state index is 0.365. The maximum Gasteiger partial charge on any atom is 0.0787 e. The molecule has 0 atom stereocenters. The third kappa shape index (κ3) is 8.02. The molecule has 0 aromatic rings. The Hall–Kier alpha value is -0.0800. The van der Waals surface area contributed by atoms with Gasteiger partial charge in [-0.2, -0.15) is 0 Å². The van der Waals surface area contributed by atoms with Crippen molar-refractivity contribution in [3.8, 4) is 0 Å². The lowest BCUT2D eigenvalue weighted by atomic mass is 9.98. The molecule has 2 heteroatoms. The Labute approximate surface area is 77.4 Å². The Morgan fingerprint density at radius 3 is 1.58 bits per heavy atom. The monoisotopic (exact) mass is 175 g/mol. The van der Waals surface area contributed by atoms with Crippen molar-refractivity contribution in [3.63, 3.8) is 0 Å². The third-order valence-corrected chi connectivity index (χ3v) is 1.74. The lowest BCUT2D eigenvalue weighted by Gasteiger charge is -2.18. The van der Waals surface area contributed by atoms with Gasteiger partial charge in [-0.15, -0.1) is 0 Å². The zero-order chi connectivity index (χ0) is 9.82.